The van der Waals surface area contributed by atoms with Crippen molar-refractivity contribution in [2.45, 2.75) is 0 Å². The van der Waals surface area contributed by atoms with Crippen molar-refractivity contribution in [1.82, 2.24) is 0 Å². The lowest BCUT2D eigenvalue weighted by Crippen LogP contribution is -1.89. The van der Waals surface area contributed by atoms with Gasteiger partial charge in [-0.1, -0.05) is 109 Å². The second-order valence-corrected chi connectivity index (χ2v) is 8.10. The van der Waals surface area contributed by atoms with Gasteiger partial charge in [-0.2, -0.15) is 0 Å². The van der Waals surface area contributed by atoms with Gasteiger partial charge in [-0.25, -0.2) is 0 Å². The molecule has 0 amide bonds. The summed E-state index contributed by atoms with van der Waals surface area (Å²) < 4.78 is 0. The SMILES string of the molecule is c1ccc2c(c1)ccc1c2c2ccccc2c2c3ccccc3c3ccccc3c12. The van der Waals surface area contributed by atoms with E-state index in [4.69, 9.17) is 0 Å². The number of hydrogen-bond donors (Lipinski definition) is 0. The summed E-state index contributed by atoms with van der Waals surface area (Å²) in [4.78, 5) is 0. The van der Waals surface area contributed by atoms with Crippen LogP contribution in [0.2, 0.25) is 0 Å². The Morgan fingerprint density at radius 2 is 0.633 bits per heavy atom. The molecule has 0 heteroatoms. The van der Waals surface area contributed by atoms with E-state index >= 15 is 0 Å². The average molecular weight is 378 g/mol. The summed E-state index contributed by atoms with van der Waals surface area (Å²) in [5, 5.41) is 16.0. The van der Waals surface area contributed by atoms with Crippen molar-refractivity contribution >= 4 is 64.6 Å². The lowest BCUT2D eigenvalue weighted by Gasteiger charge is -2.17. The Bertz CT molecular complexity index is 1780. The summed E-state index contributed by atoms with van der Waals surface area (Å²) >= 11 is 0. The summed E-state index contributed by atoms with van der Waals surface area (Å²) in [6.45, 7) is 0. The molecule has 0 aliphatic carbocycles. The van der Waals surface area contributed by atoms with Gasteiger partial charge in [0.25, 0.3) is 0 Å². The zero-order valence-corrected chi connectivity index (χ0v) is 16.4. The van der Waals surface area contributed by atoms with Gasteiger partial charge in [0.1, 0.15) is 0 Å². The molecule has 0 spiro atoms. The minimum Gasteiger partial charge on any atom is -0.0616 e. The maximum absolute atomic E-state index is 2.33. The molecule has 7 aromatic rings. The zero-order chi connectivity index (χ0) is 19.7. The molecule has 0 radical (unpaired) electrons. The normalized spacial score (nSPS) is 12.0. The van der Waals surface area contributed by atoms with E-state index in [-0.39, 0.29) is 0 Å². The molecule has 0 saturated heterocycles. The minimum absolute atomic E-state index is 1.29. The molecule has 0 bridgehead atoms. The third-order valence-corrected chi connectivity index (χ3v) is 6.60. The predicted molar refractivity (Wildman–Crippen MR) is 131 cm³/mol. The van der Waals surface area contributed by atoms with Crippen LogP contribution in [0, 0.1) is 0 Å². The van der Waals surface area contributed by atoms with E-state index in [1.807, 2.05) is 0 Å². The largest absolute Gasteiger partial charge is 0.0616 e. The van der Waals surface area contributed by atoms with Gasteiger partial charge in [0.2, 0.25) is 0 Å². The number of hydrogen-bond acceptors (Lipinski definition) is 0. The molecule has 7 aromatic carbocycles. The molecular formula is C30H18. The van der Waals surface area contributed by atoms with E-state index in [2.05, 4.69) is 109 Å². The molecule has 0 aromatic heterocycles. The average Bonchev–Trinajstić information content (AvgIpc) is 2.83. The van der Waals surface area contributed by atoms with Crippen molar-refractivity contribution in [2.24, 2.45) is 0 Å². The van der Waals surface area contributed by atoms with Gasteiger partial charge in [0, 0.05) is 0 Å². The van der Waals surface area contributed by atoms with Crippen LogP contribution in [0.3, 0.4) is 0 Å². The Kier molecular flexibility index (Phi) is 3.09. The Labute approximate surface area is 174 Å². The molecular weight excluding hydrogens is 360 g/mol. The quantitative estimate of drug-likeness (QED) is 0.232. The molecule has 7 rings (SSSR count). The summed E-state index contributed by atoms with van der Waals surface area (Å²) in [6.07, 6.45) is 0. The van der Waals surface area contributed by atoms with Crippen molar-refractivity contribution in [2.75, 3.05) is 0 Å². The van der Waals surface area contributed by atoms with Gasteiger partial charge in [-0.3, -0.25) is 0 Å². The highest BCUT2D eigenvalue weighted by Crippen LogP contribution is 2.45. The fraction of sp³-hybridized carbons (Fsp3) is 0. The Morgan fingerprint density at radius 3 is 1.23 bits per heavy atom. The highest BCUT2D eigenvalue weighted by molar-refractivity contribution is 6.41. The van der Waals surface area contributed by atoms with Crippen LogP contribution in [0.15, 0.2) is 109 Å². The Morgan fingerprint density at radius 1 is 0.233 bits per heavy atom. The third-order valence-electron chi connectivity index (χ3n) is 6.60. The van der Waals surface area contributed by atoms with E-state index in [1.165, 1.54) is 64.6 Å². The molecule has 0 aliphatic rings. The monoisotopic (exact) mass is 378 g/mol. The fourth-order valence-corrected chi connectivity index (χ4v) is 5.39. The first-order valence-electron chi connectivity index (χ1n) is 10.5. The second-order valence-electron chi connectivity index (χ2n) is 8.10. The van der Waals surface area contributed by atoms with Crippen molar-refractivity contribution in [3.8, 4) is 0 Å². The standard InChI is InChI=1S/C30H18/c1-2-10-20-19(9-1)17-18-27-28(20)25-15-7-8-16-26(25)29-23-13-5-3-11-21(23)22-12-4-6-14-24(22)30(27)29/h1-18H. The van der Waals surface area contributed by atoms with Crippen LogP contribution in [-0.2, 0) is 0 Å². The van der Waals surface area contributed by atoms with Crippen LogP contribution in [0.4, 0.5) is 0 Å². The van der Waals surface area contributed by atoms with Crippen molar-refractivity contribution in [3.63, 3.8) is 0 Å². The van der Waals surface area contributed by atoms with E-state index in [9.17, 15) is 0 Å². The second kappa shape index (κ2) is 5.81. The molecule has 0 atom stereocenters. The molecule has 0 N–H and O–H groups in total. The summed E-state index contributed by atoms with van der Waals surface area (Å²) in [6, 6.07) is 40.0. The van der Waals surface area contributed by atoms with Crippen LogP contribution in [0.1, 0.15) is 0 Å². The zero-order valence-electron chi connectivity index (χ0n) is 16.4. The number of rotatable bonds is 0. The van der Waals surface area contributed by atoms with Crippen LogP contribution >= 0.6 is 0 Å². The van der Waals surface area contributed by atoms with Crippen molar-refractivity contribution < 1.29 is 0 Å². The summed E-state index contributed by atoms with van der Waals surface area (Å²) in [5.74, 6) is 0. The molecule has 0 nitrogen and oxygen atoms in total. The van der Waals surface area contributed by atoms with E-state index in [0.717, 1.165) is 0 Å². The predicted octanol–water partition coefficient (Wildman–Crippen LogP) is 8.61. The number of fused-ring (bicyclic) bond motifs is 13. The lowest BCUT2D eigenvalue weighted by atomic mass is 9.86. The van der Waals surface area contributed by atoms with Gasteiger partial charge in [-0.15, -0.1) is 0 Å². The molecule has 0 unspecified atom stereocenters. The van der Waals surface area contributed by atoms with Crippen LogP contribution in [-0.4, -0.2) is 0 Å². The molecule has 138 valence electrons. The van der Waals surface area contributed by atoms with Gasteiger partial charge in [0.05, 0.1) is 0 Å². The molecule has 0 fully saturated rings. The Hall–Kier alpha value is -3.90. The summed E-state index contributed by atoms with van der Waals surface area (Å²) in [5.41, 5.74) is 0. The Balaban J connectivity index is 1.97. The maximum atomic E-state index is 2.33. The fourth-order valence-electron chi connectivity index (χ4n) is 5.39. The molecule has 0 heterocycles. The minimum atomic E-state index is 1.29. The maximum Gasteiger partial charge on any atom is -0.00137 e. The first-order valence-corrected chi connectivity index (χ1v) is 10.5. The van der Waals surface area contributed by atoms with Crippen LogP contribution < -0.4 is 0 Å². The first kappa shape index (κ1) is 16.0. The summed E-state index contributed by atoms with van der Waals surface area (Å²) in [7, 11) is 0. The highest BCUT2D eigenvalue weighted by atomic mass is 14.2. The topological polar surface area (TPSA) is 0 Å². The lowest BCUT2D eigenvalue weighted by molar-refractivity contribution is 1.78. The third kappa shape index (κ3) is 1.96. The number of benzene rings is 7. The first-order chi connectivity index (χ1) is 14.9. The van der Waals surface area contributed by atoms with Crippen molar-refractivity contribution in [1.29, 1.82) is 0 Å². The van der Waals surface area contributed by atoms with Gasteiger partial charge in [0.15, 0.2) is 0 Å². The van der Waals surface area contributed by atoms with Crippen LogP contribution in [0.25, 0.3) is 64.6 Å². The smallest absolute Gasteiger partial charge is 0.00137 e. The van der Waals surface area contributed by atoms with E-state index in [0.29, 0.717) is 0 Å². The van der Waals surface area contributed by atoms with Crippen molar-refractivity contribution in [3.05, 3.63) is 109 Å². The molecule has 0 saturated carbocycles. The van der Waals surface area contributed by atoms with E-state index in [1.54, 1.807) is 0 Å². The highest BCUT2D eigenvalue weighted by Gasteiger charge is 2.16. The molecule has 30 heavy (non-hydrogen) atoms. The van der Waals surface area contributed by atoms with Gasteiger partial charge in [-0.05, 0) is 64.6 Å². The van der Waals surface area contributed by atoms with Gasteiger partial charge >= 0.3 is 0 Å². The van der Waals surface area contributed by atoms with E-state index < -0.39 is 0 Å². The van der Waals surface area contributed by atoms with Crippen LogP contribution in [0.5, 0.6) is 0 Å². The van der Waals surface area contributed by atoms with Gasteiger partial charge < -0.3 is 0 Å². The molecule has 0 aliphatic heterocycles.